The molecule has 0 fully saturated rings. The van der Waals surface area contributed by atoms with E-state index in [1.807, 2.05) is 13.8 Å². The van der Waals surface area contributed by atoms with Crippen LogP contribution in [0.15, 0.2) is 4.99 Å². The molecule has 0 saturated carbocycles. The first-order chi connectivity index (χ1) is 11.0. The predicted octanol–water partition coefficient (Wildman–Crippen LogP) is 0.882. The third-order valence-corrected chi connectivity index (χ3v) is 3.81. The zero-order valence-electron chi connectivity index (χ0n) is 13.7. The molecule has 0 aliphatic carbocycles. The van der Waals surface area contributed by atoms with Gasteiger partial charge in [0, 0.05) is 19.3 Å². The summed E-state index contributed by atoms with van der Waals surface area (Å²) in [5.74, 6) is 0.740. The van der Waals surface area contributed by atoms with Crippen LogP contribution in [-0.2, 0) is 23.8 Å². The summed E-state index contributed by atoms with van der Waals surface area (Å²) in [5, 5.41) is 9.33. The normalized spacial score (nSPS) is 15.7. The number of Topliss-reactive ketones (excluding diaryl/α,β-unsaturated/α-hetero) is 1. The molecule has 134 valence electrons. The van der Waals surface area contributed by atoms with Crippen LogP contribution < -0.4 is 0 Å². The molecule has 0 aromatic heterocycles. The highest BCUT2D eigenvalue weighted by molar-refractivity contribution is 8.43. The number of hydrogen-bond donors (Lipinski definition) is 1. The Bertz CT molecular complexity index is 369. The van der Waals surface area contributed by atoms with Crippen molar-refractivity contribution >= 4 is 38.1 Å². The molecule has 0 aromatic carbocycles. The number of rotatable bonds is 14. The van der Waals surface area contributed by atoms with E-state index in [-0.39, 0.29) is 18.4 Å². The number of methoxy groups -OCH3 is 1. The van der Waals surface area contributed by atoms with Crippen molar-refractivity contribution < 1.29 is 28.9 Å². The lowest BCUT2D eigenvalue weighted by Gasteiger charge is -2.25. The topological polar surface area (TPSA) is 94.4 Å². The minimum atomic E-state index is -0.910. The third-order valence-electron chi connectivity index (χ3n) is 2.66. The Labute approximate surface area is 143 Å². The Morgan fingerprint density at radius 3 is 2.57 bits per heavy atom. The first-order valence-corrected chi connectivity index (χ1v) is 9.67. The fourth-order valence-electron chi connectivity index (χ4n) is 1.55. The van der Waals surface area contributed by atoms with Crippen molar-refractivity contribution in [2.24, 2.45) is 4.99 Å². The molecule has 0 aliphatic heterocycles. The molecule has 0 aliphatic rings. The lowest BCUT2D eigenvalue weighted by atomic mass is 10.2. The SMILES string of the molecule is COC(C=O)[C@H](CO)O[C@@H](C=NCC(=O)CCSP)OC(C)C. The molecular formula is C14H26NO6PS. The van der Waals surface area contributed by atoms with E-state index >= 15 is 0 Å². The summed E-state index contributed by atoms with van der Waals surface area (Å²) in [7, 11) is 3.84. The van der Waals surface area contributed by atoms with Crippen molar-refractivity contribution in [2.75, 3.05) is 26.0 Å². The summed E-state index contributed by atoms with van der Waals surface area (Å²) < 4.78 is 16.0. The second-order valence-corrected chi connectivity index (χ2v) is 6.64. The monoisotopic (exact) mass is 367 g/mol. The fourth-order valence-corrected chi connectivity index (χ4v) is 2.25. The van der Waals surface area contributed by atoms with Gasteiger partial charge in [-0.05, 0) is 13.8 Å². The van der Waals surface area contributed by atoms with E-state index < -0.39 is 25.1 Å². The summed E-state index contributed by atoms with van der Waals surface area (Å²) in [6.45, 7) is 3.25. The summed E-state index contributed by atoms with van der Waals surface area (Å²) in [5.41, 5.74) is 0. The van der Waals surface area contributed by atoms with Crippen LogP contribution in [0.3, 0.4) is 0 Å². The molecule has 1 N–H and O–H groups in total. The number of nitrogens with zero attached hydrogens (tertiary/aromatic N) is 1. The number of aliphatic imine (C=N–C) groups is 1. The van der Waals surface area contributed by atoms with Gasteiger partial charge in [-0.1, -0.05) is 8.44 Å². The quantitative estimate of drug-likeness (QED) is 0.211. The molecule has 0 aromatic rings. The first kappa shape index (κ1) is 22.6. The lowest BCUT2D eigenvalue weighted by molar-refractivity contribution is -0.182. The van der Waals surface area contributed by atoms with E-state index in [1.165, 1.54) is 24.7 Å². The van der Waals surface area contributed by atoms with Crippen LogP contribution in [0.5, 0.6) is 0 Å². The highest BCUT2D eigenvalue weighted by Crippen LogP contribution is 2.11. The number of aliphatic hydroxyl groups is 1. The van der Waals surface area contributed by atoms with E-state index in [9.17, 15) is 14.7 Å². The van der Waals surface area contributed by atoms with Crippen LogP contribution in [0.25, 0.3) is 0 Å². The van der Waals surface area contributed by atoms with Crippen LogP contribution >= 0.6 is 19.8 Å². The smallest absolute Gasteiger partial charge is 0.194 e. The van der Waals surface area contributed by atoms with Crippen LogP contribution in [-0.4, -0.2) is 74.0 Å². The Morgan fingerprint density at radius 2 is 2.09 bits per heavy atom. The van der Waals surface area contributed by atoms with Crippen LogP contribution in [0.1, 0.15) is 20.3 Å². The van der Waals surface area contributed by atoms with Crippen molar-refractivity contribution in [1.82, 2.24) is 0 Å². The van der Waals surface area contributed by atoms with Gasteiger partial charge in [0.15, 0.2) is 18.4 Å². The standard InChI is InChI=1S/C14H26NO6PS/c1-10(2)20-14(7-15-6-11(18)4-5-23-22)21-13(9-17)12(8-16)19-3/h7-8,10,12-14,17H,4-6,9,22H2,1-3H3/t12?,13-,14-/m0/s1. The lowest BCUT2D eigenvalue weighted by Crippen LogP contribution is -2.40. The van der Waals surface area contributed by atoms with Gasteiger partial charge in [0.05, 0.1) is 25.5 Å². The molecule has 0 bridgehead atoms. The Morgan fingerprint density at radius 1 is 1.39 bits per heavy atom. The summed E-state index contributed by atoms with van der Waals surface area (Å²) in [6.07, 6.45) is -0.469. The third kappa shape index (κ3) is 10.9. The summed E-state index contributed by atoms with van der Waals surface area (Å²) in [4.78, 5) is 26.5. The van der Waals surface area contributed by atoms with Crippen LogP contribution in [0.2, 0.25) is 0 Å². The van der Waals surface area contributed by atoms with Crippen molar-refractivity contribution in [3.8, 4) is 0 Å². The summed E-state index contributed by atoms with van der Waals surface area (Å²) >= 11 is 1.52. The second-order valence-electron chi connectivity index (χ2n) is 4.90. The van der Waals surface area contributed by atoms with Gasteiger partial charge in [-0.15, -0.1) is 11.4 Å². The molecule has 0 amide bonds. The van der Waals surface area contributed by atoms with Gasteiger partial charge >= 0.3 is 0 Å². The largest absolute Gasteiger partial charge is 0.394 e. The molecular weight excluding hydrogens is 341 g/mol. The van der Waals surface area contributed by atoms with Gasteiger partial charge in [0.2, 0.25) is 0 Å². The molecule has 4 atom stereocenters. The average molecular weight is 367 g/mol. The van der Waals surface area contributed by atoms with Gasteiger partial charge in [-0.2, -0.15) is 0 Å². The van der Waals surface area contributed by atoms with Crippen LogP contribution in [0.4, 0.5) is 0 Å². The molecule has 23 heavy (non-hydrogen) atoms. The van der Waals surface area contributed by atoms with E-state index in [4.69, 9.17) is 14.2 Å². The molecule has 0 saturated heterocycles. The van der Waals surface area contributed by atoms with Crippen molar-refractivity contribution in [3.05, 3.63) is 0 Å². The zero-order chi connectivity index (χ0) is 17.7. The second kappa shape index (κ2) is 14.0. The van der Waals surface area contributed by atoms with Gasteiger partial charge in [0.25, 0.3) is 0 Å². The van der Waals surface area contributed by atoms with Crippen LogP contribution in [0, 0.1) is 0 Å². The fraction of sp³-hybridized carbons (Fsp3) is 0.786. The summed E-state index contributed by atoms with van der Waals surface area (Å²) in [6, 6.07) is 0. The number of aldehydes is 1. The highest BCUT2D eigenvalue weighted by atomic mass is 32.7. The first-order valence-electron chi connectivity index (χ1n) is 7.21. The molecule has 0 heterocycles. The van der Waals surface area contributed by atoms with Crippen molar-refractivity contribution in [2.45, 2.75) is 44.9 Å². The Kier molecular flexibility index (Phi) is 13.8. The van der Waals surface area contributed by atoms with Gasteiger partial charge in [-0.3, -0.25) is 9.79 Å². The maximum Gasteiger partial charge on any atom is 0.194 e. The van der Waals surface area contributed by atoms with Gasteiger partial charge in [0.1, 0.15) is 12.2 Å². The number of ketones is 1. The Balaban J connectivity index is 4.66. The van der Waals surface area contributed by atoms with E-state index in [2.05, 4.69) is 13.4 Å². The zero-order valence-corrected chi connectivity index (χ0v) is 15.7. The maximum atomic E-state index is 11.6. The number of ether oxygens (including phenoxy) is 3. The van der Waals surface area contributed by atoms with E-state index in [1.54, 1.807) is 0 Å². The number of carbonyl (C=O) groups excluding carboxylic acids is 2. The molecule has 2 unspecified atom stereocenters. The minimum absolute atomic E-state index is 0.0147. The molecule has 9 heteroatoms. The molecule has 0 spiro atoms. The maximum absolute atomic E-state index is 11.6. The predicted molar refractivity (Wildman–Crippen MR) is 94.0 cm³/mol. The van der Waals surface area contributed by atoms with Gasteiger partial charge < -0.3 is 24.1 Å². The number of hydrogen-bond acceptors (Lipinski definition) is 8. The Hall–Kier alpha value is -0.370. The van der Waals surface area contributed by atoms with Crippen molar-refractivity contribution in [3.63, 3.8) is 0 Å². The van der Waals surface area contributed by atoms with Gasteiger partial charge in [-0.25, -0.2) is 0 Å². The molecule has 0 rings (SSSR count). The minimum Gasteiger partial charge on any atom is -0.394 e. The molecule has 0 radical (unpaired) electrons. The van der Waals surface area contributed by atoms with E-state index in [0.717, 1.165) is 5.75 Å². The number of aliphatic hydroxyl groups excluding tert-OH is 1. The van der Waals surface area contributed by atoms with Crippen molar-refractivity contribution in [1.29, 1.82) is 0 Å². The average Bonchev–Trinajstić information content (AvgIpc) is 2.52. The molecule has 7 nitrogen and oxygen atoms in total. The number of carbonyl (C=O) groups is 2. The highest BCUT2D eigenvalue weighted by Gasteiger charge is 2.25. The van der Waals surface area contributed by atoms with E-state index in [0.29, 0.717) is 12.7 Å².